The molecule has 1 saturated heterocycles. The first-order valence-corrected chi connectivity index (χ1v) is 20.1. The quantitative estimate of drug-likeness (QED) is 0.229. The number of rotatable bonds is 14. The van der Waals surface area contributed by atoms with Gasteiger partial charge in [-0.1, -0.05) is 63.2 Å². The summed E-state index contributed by atoms with van der Waals surface area (Å²) in [4.78, 5) is 43.9. The summed E-state index contributed by atoms with van der Waals surface area (Å²) in [6.45, 7) is 7.86. The molecule has 3 N–H and O–H groups in total. The van der Waals surface area contributed by atoms with Crippen LogP contribution in [0.15, 0.2) is 76.5 Å². The van der Waals surface area contributed by atoms with Gasteiger partial charge in [0.15, 0.2) is 9.84 Å². The van der Waals surface area contributed by atoms with Gasteiger partial charge in [-0.3, -0.25) is 14.4 Å². The minimum atomic E-state index is -4.15. The summed E-state index contributed by atoms with van der Waals surface area (Å²) in [6.07, 6.45) is 2.98. The number of nitrogens with zero attached hydrogens (tertiary/aromatic N) is 2. The molecular weight excluding hydrogens is 679 g/mol. The monoisotopic (exact) mass is 727 g/mol. The zero-order valence-corrected chi connectivity index (χ0v) is 31.2. The van der Waals surface area contributed by atoms with Crippen LogP contribution in [0.4, 0.5) is 0 Å². The van der Waals surface area contributed by atoms with E-state index in [2.05, 4.69) is 15.4 Å². The summed E-state index contributed by atoms with van der Waals surface area (Å²) in [6, 6.07) is 16.9. The highest BCUT2D eigenvalue weighted by atomic mass is 32.2. The Morgan fingerprint density at radius 1 is 0.940 bits per heavy atom. The lowest BCUT2D eigenvalue weighted by molar-refractivity contribution is -0.142. The largest absolute Gasteiger partial charge is 0.342 e. The van der Waals surface area contributed by atoms with E-state index >= 15 is 0 Å². The van der Waals surface area contributed by atoms with Gasteiger partial charge in [0, 0.05) is 31.9 Å². The number of carbonyl (C=O) groups is 3. The molecule has 0 bridgehead atoms. The third-order valence-corrected chi connectivity index (χ3v) is 11.6. The molecule has 50 heavy (non-hydrogen) atoms. The van der Waals surface area contributed by atoms with Crippen LogP contribution in [-0.4, -0.2) is 102 Å². The standard InChI is InChI=1S/C36H49N5O7S2/c1-25(37-5)34(43)39-33(36(2,3)4)35(44)41-19-10-13-29(41)24-40(20-18-26-11-8-7-9-12-26)32(42)23-38-50(47,48)31-17-15-27-14-16-30(49(6,45)46)21-28(27)22-31/h7-9,11-12,14-17,21-22,25,29,33,37-38H,10,13,18-20,23-24H2,1-6H3,(H,39,43)/t25-,29-,33+/m0/s1. The molecule has 3 amide bonds. The first kappa shape index (κ1) is 38.9. The molecule has 0 unspecified atom stereocenters. The second kappa shape index (κ2) is 16.0. The number of likely N-dealkylation sites (N-methyl/N-ethyl adjacent to an activating group) is 1. The predicted molar refractivity (Wildman–Crippen MR) is 194 cm³/mol. The molecule has 12 nitrogen and oxygen atoms in total. The molecule has 1 fully saturated rings. The van der Waals surface area contributed by atoms with Gasteiger partial charge in [-0.25, -0.2) is 21.6 Å². The van der Waals surface area contributed by atoms with Crippen LogP contribution in [-0.2, 0) is 40.7 Å². The Kier molecular flexibility index (Phi) is 12.5. The number of carbonyl (C=O) groups excluding carboxylic acids is 3. The summed E-state index contributed by atoms with van der Waals surface area (Å²) in [5.41, 5.74) is 0.424. The Balaban J connectivity index is 1.54. The van der Waals surface area contributed by atoms with Crippen LogP contribution in [0.5, 0.6) is 0 Å². The van der Waals surface area contributed by atoms with E-state index in [9.17, 15) is 31.2 Å². The summed E-state index contributed by atoms with van der Waals surface area (Å²) < 4.78 is 53.3. The van der Waals surface area contributed by atoms with Gasteiger partial charge < -0.3 is 20.4 Å². The van der Waals surface area contributed by atoms with Crippen LogP contribution in [0.1, 0.15) is 46.1 Å². The van der Waals surface area contributed by atoms with E-state index in [0.29, 0.717) is 36.7 Å². The van der Waals surface area contributed by atoms with Crippen LogP contribution in [0.3, 0.4) is 0 Å². The number of hydrogen-bond acceptors (Lipinski definition) is 8. The summed E-state index contributed by atoms with van der Waals surface area (Å²) >= 11 is 0. The summed E-state index contributed by atoms with van der Waals surface area (Å²) in [5.74, 6) is -0.957. The molecular formula is C36H49N5O7S2. The maximum absolute atomic E-state index is 14.0. The van der Waals surface area contributed by atoms with Crippen molar-refractivity contribution in [2.75, 3.05) is 39.5 Å². The van der Waals surface area contributed by atoms with Crippen molar-refractivity contribution < 1.29 is 31.2 Å². The van der Waals surface area contributed by atoms with Gasteiger partial charge in [-0.2, -0.15) is 0 Å². The van der Waals surface area contributed by atoms with E-state index in [1.54, 1.807) is 35.9 Å². The fourth-order valence-corrected chi connectivity index (χ4v) is 7.63. The van der Waals surface area contributed by atoms with Gasteiger partial charge >= 0.3 is 0 Å². The van der Waals surface area contributed by atoms with E-state index in [0.717, 1.165) is 18.2 Å². The fourth-order valence-electron chi connectivity index (χ4n) is 5.96. The molecule has 3 aromatic rings. The maximum Gasteiger partial charge on any atom is 0.246 e. The topological polar surface area (TPSA) is 162 Å². The highest BCUT2D eigenvalue weighted by molar-refractivity contribution is 7.90. The van der Waals surface area contributed by atoms with E-state index in [-0.39, 0.29) is 34.2 Å². The average Bonchev–Trinajstić information content (AvgIpc) is 3.54. The van der Waals surface area contributed by atoms with Gasteiger partial charge in [-0.05, 0) is 79.3 Å². The van der Waals surface area contributed by atoms with Crippen molar-refractivity contribution in [3.8, 4) is 0 Å². The van der Waals surface area contributed by atoms with Crippen molar-refractivity contribution in [2.45, 2.75) is 74.9 Å². The summed E-state index contributed by atoms with van der Waals surface area (Å²) in [7, 11) is -5.98. The highest BCUT2D eigenvalue weighted by Gasteiger charge is 2.40. The summed E-state index contributed by atoms with van der Waals surface area (Å²) in [5, 5.41) is 6.92. The minimum Gasteiger partial charge on any atom is -0.342 e. The molecule has 3 aromatic carbocycles. The van der Waals surface area contributed by atoms with Crippen LogP contribution in [0, 0.1) is 5.41 Å². The first-order chi connectivity index (χ1) is 23.4. The zero-order valence-electron chi connectivity index (χ0n) is 29.6. The SMILES string of the molecule is CN[C@@H](C)C(=O)N[C@H](C(=O)N1CCC[C@H]1CN(CCc1ccccc1)C(=O)CNS(=O)(=O)c1ccc2ccc(S(C)(=O)=O)cc2c1)C(C)(C)C. The third kappa shape index (κ3) is 9.89. The molecule has 1 aliphatic heterocycles. The van der Waals surface area contributed by atoms with Gasteiger partial charge in [0.25, 0.3) is 0 Å². The van der Waals surface area contributed by atoms with E-state index < -0.39 is 49.8 Å². The third-order valence-electron chi connectivity index (χ3n) is 9.12. The van der Waals surface area contributed by atoms with Crippen molar-refractivity contribution >= 4 is 48.4 Å². The fraction of sp³-hybridized carbons (Fsp3) is 0.472. The number of fused-ring (bicyclic) bond motifs is 1. The van der Waals surface area contributed by atoms with Crippen LogP contribution in [0.2, 0.25) is 0 Å². The number of sulfone groups is 1. The molecule has 0 spiro atoms. The number of benzene rings is 3. The van der Waals surface area contributed by atoms with E-state index in [1.165, 1.54) is 24.3 Å². The molecule has 0 saturated carbocycles. The Hall–Kier alpha value is -3.85. The molecule has 0 radical (unpaired) electrons. The van der Waals surface area contributed by atoms with Crippen molar-refractivity contribution in [2.24, 2.45) is 5.41 Å². The Bertz CT molecular complexity index is 1910. The van der Waals surface area contributed by atoms with Crippen LogP contribution in [0.25, 0.3) is 10.8 Å². The van der Waals surface area contributed by atoms with E-state index in [4.69, 9.17) is 0 Å². The lowest BCUT2D eigenvalue weighted by atomic mass is 9.85. The zero-order chi connectivity index (χ0) is 36.9. The molecule has 14 heteroatoms. The minimum absolute atomic E-state index is 0.0694. The van der Waals surface area contributed by atoms with Crippen molar-refractivity contribution in [3.63, 3.8) is 0 Å². The van der Waals surface area contributed by atoms with Crippen molar-refractivity contribution in [1.82, 2.24) is 25.2 Å². The van der Waals surface area contributed by atoms with Gasteiger partial charge in [-0.15, -0.1) is 0 Å². The molecule has 0 aromatic heterocycles. The lowest BCUT2D eigenvalue weighted by Crippen LogP contribution is -2.59. The molecule has 4 rings (SSSR count). The molecule has 1 heterocycles. The predicted octanol–water partition coefficient (Wildman–Crippen LogP) is 2.72. The van der Waals surface area contributed by atoms with Gasteiger partial charge in [0.2, 0.25) is 27.7 Å². The maximum atomic E-state index is 14.0. The average molecular weight is 728 g/mol. The van der Waals surface area contributed by atoms with Crippen molar-refractivity contribution in [3.05, 3.63) is 72.3 Å². The van der Waals surface area contributed by atoms with Gasteiger partial charge in [0.1, 0.15) is 6.04 Å². The Labute approximate surface area is 296 Å². The molecule has 272 valence electrons. The first-order valence-electron chi connectivity index (χ1n) is 16.7. The van der Waals surface area contributed by atoms with Crippen molar-refractivity contribution in [1.29, 1.82) is 0 Å². The lowest BCUT2D eigenvalue weighted by Gasteiger charge is -2.37. The number of amides is 3. The smallest absolute Gasteiger partial charge is 0.246 e. The number of hydrogen-bond donors (Lipinski definition) is 3. The van der Waals surface area contributed by atoms with Gasteiger partial charge in [0.05, 0.1) is 22.4 Å². The Morgan fingerprint density at radius 3 is 2.20 bits per heavy atom. The normalized spacial score (nSPS) is 16.6. The van der Waals surface area contributed by atoms with E-state index in [1.807, 2.05) is 51.1 Å². The van der Waals surface area contributed by atoms with Crippen LogP contribution >= 0.6 is 0 Å². The highest BCUT2D eigenvalue weighted by Crippen LogP contribution is 2.27. The number of nitrogens with one attached hydrogen (secondary N) is 3. The number of sulfonamides is 1. The number of likely N-dealkylation sites (tertiary alicyclic amines) is 1. The molecule has 0 aliphatic carbocycles. The van der Waals surface area contributed by atoms with Crippen LogP contribution < -0.4 is 15.4 Å². The second-order valence-corrected chi connectivity index (χ2v) is 17.8. The molecule has 3 atom stereocenters. The molecule has 1 aliphatic rings. The second-order valence-electron chi connectivity index (χ2n) is 14.0. The Morgan fingerprint density at radius 2 is 1.58 bits per heavy atom.